The zero-order valence-electron chi connectivity index (χ0n) is 16.5. The Labute approximate surface area is 201 Å². The Balaban J connectivity index is 1.43. The van der Waals surface area contributed by atoms with Crippen LogP contribution in [0.1, 0.15) is 11.1 Å². The minimum atomic E-state index is 0.437. The number of aromatic nitrogens is 2. The van der Waals surface area contributed by atoms with Crippen LogP contribution in [0, 0.1) is 0 Å². The minimum Gasteiger partial charge on any atom is -0.493 e. The molecule has 0 amide bonds. The van der Waals surface area contributed by atoms with Gasteiger partial charge in [-0.1, -0.05) is 67.9 Å². The Hall–Kier alpha value is -2.29. The summed E-state index contributed by atoms with van der Waals surface area (Å²) >= 11 is 8.46. The van der Waals surface area contributed by atoms with Crippen molar-refractivity contribution < 1.29 is 13.9 Å². The lowest BCUT2D eigenvalue weighted by Gasteiger charge is -2.11. The number of thioether (sulfide) groups is 1. The zero-order valence-corrected chi connectivity index (χ0v) is 20.5. The fraction of sp³-hybridized carbons (Fsp3) is 0.130. The van der Waals surface area contributed by atoms with Crippen molar-refractivity contribution in [2.45, 2.75) is 17.6 Å². The van der Waals surface area contributed by atoms with Gasteiger partial charge in [0, 0.05) is 20.3 Å². The monoisotopic (exact) mass is 560 g/mol. The Morgan fingerprint density at radius 3 is 2.35 bits per heavy atom. The highest BCUT2D eigenvalue weighted by molar-refractivity contribution is 9.10. The molecule has 1 aromatic heterocycles. The second kappa shape index (κ2) is 10.3. The van der Waals surface area contributed by atoms with Crippen molar-refractivity contribution >= 4 is 43.6 Å². The molecule has 8 heteroatoms. The lowest BCUT2D eigenvalue weighted by molar-refractivity contribution is 0.284. The third-order valence-electron chi connectivity index (χ3n) is 4.35. The number of nitrogens with zero attached hydrogens (tertiary/aromatic N) is 2. The standard InChI is InChI=1S/C23H18Br2N2O3S/c1-28-21-12-17(8-9-20(21)29-13-15-4-2-6-18(24)10-15)22-26-27-23(30-22)31-14-16-5-3-7-19(25)11-16/h2-12H,13-14H2,1H3. The first-order valence-electron chi connectivity index (χ1n) is 9.37. The molecule has 0 atom stereocenters. The second-order valence-electron chi connectivity index (χ2n) is 6.58. The molecule has 0 saturated heterocycles. The van der Waals surface area contributed by atoms with Gasteiger partial charge >= 0.3 is 0 Å². The Morgan fingerprint density at radius 2 is 1.61 bits per heavy atom. The first-order valence-corrected chi connectivity index (χ1v) is 11.9. The van der Waals surface area contributed by atoms with Crippen molar-refractivity contribution in [2.75, 3.05) is 7.11 Å². The summed E-state index contributed by atoms with van der Waals surface area (Å²) in [5.74, 6) is 2.44. The molecule has 0 saturated carbocycles. The van der Waals surface area contributed by atoms with Crippen LogP contribution in [0.5, 0.6) is 11.5 Å². The van der Waals surface area contributed by atoms with Gasteiger partial charge in [-0.15, -0.1) is 10.2 Å². The third-order valence-corrected chi connectivity index (χ3v) is 6.23. The molecule has 0 aliphatic heterocycles. The van der Waals surface area contributed by atoms with E-state index in [0.717, 1.165) is 25.8 Å². The molecule has 0 bridgehead atoms. The van der Waals surface area contributed by atoms with E-state index in [2.05, 4.69) is 54.2 Å². The highest BCUT2D eigenvalue weighted by atomic mass is 79.9. The van der Waals surface area contributed by atoms with E-state index in [-0.39, 0.29) is 0 Å². The van der Waals surface area contributed by atoms with Crippen LogP contribution in [0.2, 0.25) is 0 Å². The average Bonchev–Trinajstić information content (AvgIpc) is 3.25. The van der Waals surface area contributed by atoms with E-state index in [1.54, 1.807) is 7.11 Å². The highest BCUT2D eigenvalue weighted by Crippen LogP contribution is 2.34. The SMILES string of the molecule is COc1cc(-c2nnc(SCc3cccc(Br)c3)o2)ccc1OCc1cccc(Br)c1. The molecular formula is C23H18Br2N2O3S. The number of hydrogen-bond acceptors (Lipinski definition) is 6. The molecule has 0 N–H and O–H groups in total. The van der Waals surface area contributed by atoms with Gasteiger partial charge in [0.25, 0.3) is 5.22 Å². The molecule has 0 aliphatic rings. The first-order chi connectivity index (χ1) is 15.1. The van der Waals surface area contributed by atoms with Crippen LogP contribution in [0.3, 0.4) is 0 Å². The maximum absolute atomic E-state index is 5.94. The number of halogens is 2. The molecule has 158 valence electrons. The minimum absolute atomic E-state index is 0.437. The predicted octanol–water partition coefficient (Wildman–Crippen LogP) is 7.14. The van der Waals surface area contributed by atoms with Gasteiger partial charge in [-0.05, 0) is 53.6 Å². The number of rotatable bonds is 8. The number of hydrogen-bond donors (Lipinski definition) is 0. The largest absolute Gasteiger partial charge is 0.493 e. The normalized spacial score (nSPS) is 10.8. The summed E-state index contributed by atoms with van der Waals surface area (Å²) in [5.41, 5.74) is 3.01. The summed E-state index contributed by atoms with van der Waals surface area (Å²) in [4.78, 5) is 0. The molecule has 0 fully saturated rings. The second-order valence-corrected chi connectivity index (χ2v) is 9.33. The van der Waals surface area contributed by atoms with Gasteiger partial charge in [0.05, 0.1) is 7.11 Å². The number of ether oxygens (including phenoxy) is 2. The average molecular weight is 562 g/mol. The number of benzene rings is 3. The fourth-order valence-electron chi connectivity index (χ4n) is 2.86. The maximum atomic E-state index is 5.94. The van der Waals surface area contributed by atoms with E-state index < -0.39 is 0 Å². The molecule has 0 aliphatic carbocycles. The predicted molar refractivity (Wildman–Crippen MR) is 128 cm³/mol. The van der Waals surface area contributed by atoms with Gasteiger partial charge in [-0.3, -0.25) is 0 Å². The van der Waals surface area contributed by atoms with Crippen LogP contribution in [0.15, 0.2) is 85.3 Å². The smallest absolute Gasteiger partial charge is 0.277 e. The van der Waals surface area contributed by atoms with Crippen LogP contribution >= 0.6 is 43.6 Å². The third kappa shape index (κ3) is 5.90. The molecule has 0 radical (unpaired) electrons. The highest BCUT2D eigenvalue weighted by Gasteiger charge is 2.13. The van der Waals surface area contributed by atoms with E-state index in [9.17, 15) is 0 Å². The Morgan fingerprint density at radius 1 is 0.871 bits per heavy atom. The molecule has 1 heterocycles. The quantitative estimate of drug-likeness (QED) is 0.213. The van der Waals surface area contributed by atoms with Gasteiger partial charge < -0.3 is 13.9 Å². The van der Waals surface area contributed by atoms with Gasteiger partial charge in [0.15, 0.2) is 11.5 Å². The zero-order chi connectivity index (χ0) is 21.6. The van der Waals surface area contributed by atoms with Crippen LogP contribution < -0.4 is 9.47 Å². The summed E-state index contributed by atoms with van der Waals surface area (Å²) in [7, 11) is 1.61. The maximum Gasteiger partial charge on any atom is 0.277 e. The summed E-state index contributed by atoms with van der Waals surface area (Å²) < 4.78 is 19.3. The summed E-state index contributed by atoms with van der Waals surface area (Å²) in [6.07, 6.45) is 0. The van der Waals surface area contributed by atoms with E-state index >= 15 is 0 Å². The van der Waals surface area contributed by atoms with Crippen molar-refractivity contribution in [1.29, 1.82) is 0 Å². The van der Waals surface area contributed by atoms with Gasteiger partial charge in [-0.25, -0.2) is 0 Å². The van der Waals surface area contributed by atoms with Crippen LogP contribution in [0.25, 0.3) is 11.5 Å². The Kier molecular flexibility index (Phi) is 7.32. The van der Waals surface area contributed by atoms with Gasteiger partial charge in [-0.2, -0.15) is 0 Å². The fourth-order valence-corrected chi connectivity index (χ4v) is 4.46. The summed E-state index contributed by atoms with van der Waals surface area (Å²) in [6.45, 7) is 0.437. The van der Waals surface area contributed by atoms with E-state index in [1.807, 2.05) is 54.6 Å². The molecule has 0 spiro atoms. The molecule has 5 nitrogen and oxygen atoms in total. The van der Waals surface area contributed by atoms with E-state index in [4.69, 9.17) is 13.9 Å². The lowest BCUT2D eigenvalue weighted by Crippen LogP contribution is -1.98. The number of methoxy groups -OCH3 is 1. The van der Waals surface area contributed by atoms with Gasteiger partial charge in [0.1, 0.15) is 6.61 Å². The molecule has 0 unspecified atom stereocenters. The molecule has 3 aromatic carbocycles. The van der Waals surface area contributed by atoms with Crippen LogP contribution in [0.4, 0.5) is 0 Å². The molecular weight excluding hydrogens is 544 g/mol. The topological polar surface area (TPSA) is 57.4 Å². The van der Waals surface area contributed by atoms with Crippen molar-refractivity contribution in [2.24, 2.45) is 0 Å². The molecule has 31 heavy (non-hydrogen) atoms. The van der Waals surface area contributed by atoms with Crippen molar-refractivity contribution in [3.8, 4) is 23.0 Å². The van der Waals surface area contributed by atoms with Gasteiger partial charge in [0.2, 0.25) is 5.89 Å². The first kappa shape index (κ1) is 21.9. The van der Waals surface area contributed by atoms with E-state index in [0.29, 0.717) is 29.2 Å². The van der Waals surface area contributed by atoms with E-state index in [1.165, 1.54) is 17.3 Å². The van der Waals surface area contributed by atoms with Crippen molar-refractivity contribution in [3.05, 3.63) is 86.8 Å². The Bertz CT molecular complexity index is 1180. The summed E-state index contributed by atoms with van der Waals surface area (Å²) in [6, 6.07) is 21.7. The van der Waals surface area contributed by atoms with Crippen LogP contribution in [-0.2, 0) is 12.4 Å². The van der Waals surface area contributed by atoms with Crippen LogP contribution in [-0.4, -0.2) is 17.3 Å². The lowest BCUT2D eigenvalue weighted by atomic mass is 10.2. The molecule has 4 aromatic rings. The van der Waals surface area contributed by atoms with Crippen molar-refractivity contribution in [1.82, 2.24) is 10.2 Å². The molecule has 4 rings (SSSR count). The summed E-state index contributed by atoms with van der Waals surface area (Å²) in [5, 5.41) is 8.84. The van der Waals surface area contributed by atoms with Crippen molar-refractivity contribution in [3.63, 3.8) is 0 Å².